The van der Waals surface area contributed by atoms with E-state index < -0.39 is 0 Å². The van der Waals surface area contributed by atoms with Crippen LogP contribution >= 0.6 is 0 Å². The average molecular weight is 212 g/mol. The fourth-order valence-electron chi connectivity index (χ4n) is 1.20. The summed E-state index contributed by atoms with van der Waals surface area (Å²) in [7, 11) is 0.763. The van der Waals surface area contributed by atoms with E-state index in [9.17, 15) is 4.39 Å². The minimum Gasteiger partial charge on any atom is -0.423 e. The molecular formula is C11H17FOSi. The predicted octanol–water partition coefficient (Wildman–Crippen LogP) is 1.83. The Labute approximate surface area is 87.8 Å². The molecule has 0 aliphatic rings. The van der Waals surface area contributed by atoms with Crippen molar-refractivity contribution in [2.24, 2.45) is 0 Å². The van der Waals surface area contributed by atoms with E-state index in [1.807, 2.05) is 12.1 Å². The molecule has 1 aromatic rings. The summed E-state index contributed by atoms with van der Waals surface area (Å²) in [5.41, 5.74) is 1.12. The van der Waals surface area contributed by atoms with Gasteiger partial charge in [-0.15, -0.1) is 0 Å². The van der Waals surface area contributed by atoms with Crippen molar-refractivity contribution in [1.29, 1.82) is 0 Å². The summed E-state index contributed by atoms with van der Waals surface area (Å²) >= 11 is 0. The number of rotatable bonds is 4. The van der Waals surface area contributed by atoms with E-state index >= 15 is 0 Å². The highest BCUT2D eigenvalue weighted by atomic mass is 28.2. The van der Waals surface area contributed by atoms with Gasteiger partial charge in [0.2, 0.25) is 0 Å². The van der Waals surface area contributed by atoms with Crippen molar-refractivity contribution in [2.45, 2.75) is 32.3 Å². The van der Waals surface area contributed by atoms with Gasteiger partial charge in [-0.1, -0.05) is 12.1 Å². The van der Waals surface area contributed by atoms with Gasteiger partial charge in [0.05, 0.1) is 0 Å². The SMILES string of the molecule is CC(C)(CCc1ccc(F)cc1)O[SiH3]. The quantitative estimate of drug-likeness (QED) is 0.692. The van der Waals surface area contributed by atoms with Crippen LogP contribution in [0.5, 0.6) is 0 Å². The van der Waals surface area contributed by atoms with Crippen LogP contribution in [-0.4, -0.2) is 16.1 Å². The van der Waals surface area contributed by atoms with Crippen LogP contribution < -0.4 is 0 Å². The summed E-state index contributed by atoms with van der Waals surface area (Å²) < 4.78 is 18.1. The normalized spacial score (nSPS) is 11.9. The molecule has 0 heterocycles. The molecule has 1 rings (SSSR count). The first-order valence-electron chi connectivity index (χ1n) is 4.83. The molecule has 3 heteroatoms. The molecule has 1 nitrogen and oxygen atoms in total. The van der Waals surface area contributed by atoms with Crippen molar-refractivity contribution in [3.8, 4) is 0 Å². The smallest absolute Gasteiger partial charge is 0.146 e. The zero-order valence-corrected chi connectivity index (χ0v) is 11.0. The molecule has 0 radical (unpaired) electrons. The first-order chi connectivity index (χ1) is 6.53. The Kier molecular flexibility index (Phi) is 3.83. The van der Waals surface area contributed by atoms with E-state index in [-0.39, 0.29) is 11.4 Å². The van der Waals surface area contributed by atoms with Gasteiger partial charge < -0.3 is 4.43 Å². The van der Waals surface area contributed by atoms with Crippen molar-refractivity contribution in [1.82, 2.24) is 0 Å². The summed E-state index contributed by atoms with van der Waals surface area (Å²) in [6.07, 6.45) is 1.91. The van der Waals surface area contributed by atoms with E-state index in [1.165, 1.54) is 12.1 Å². The van der Waals surface area contributed by atoms with Crippen molar-refractivity contribution >= 4 is 10.5 Å². The van der Waals surface area contributed by atoms with E-state index in [2.05, 4.69) is 13.8 Å². The number of benzene rings is 1. The number of hydrogen-bond acceptors (Lipinski definition) is 1. The average Bonchev–Trinajstić information content (AvgIpc) is 2.17. The third-order valence-electron chi connectivity index (χ3n) is 2.48. The molecule has 0 fully saturated rings. The lowest BCUT2D eigenvalue weighted by Gasteiger charge is -2.23. The van der Waals surface area contributed by atoms with Gasteiger partial charge in [0, 0.05) is 5.60 Å². The van der Waals surface area contributed by atoms with Crippen LogP contribution in [0.1, 0.15) is 25.8 Å². The van der Waals surface area contributed by atoms with Crippen LogP contribution in [0.15, 0.2) is 24.3 Å². The molecule has 0 aliphatic carbocycles. The van der Waals surface area contributed by atoms with Crippen molar-refractivity contribution in [3.05, 3.63) is 35.6 Å². The Morgan fingerprint density at radius 2 is 1.86 bits per heavy atom. The van der Waals surface area contributed by atoms with Gasteiger partial charge >= 0.3 is 0 Å². The standard InChI is InChI=1S/C11H17FOSi/c1-11(2,13-14)8-7-9-3-5-10(12)6-4-9/h3-6H,7-8H2,1-2,14H3. The van der Waals surface area contributed by atoms with E-state index in [0.29, 0.717) is 0 Å². The number of halogens is 1. The molecule has 0 aliphatic heterocycles. The van der Waals surface area contributed by atoms with E-state index in [0.717, 1.165) is 28.9 Å². The fourth-order valence-corrected chi connectivity index (χ4v) is 1.40. The molecule has 14 heavy (non-hydrogen) atoms. The van der Waals surface area contributed by atoms with Crippen LogP contribution in [0, 0.1) is 5.82 Å². The Morgan fingerprint density at radius 3 is 2.36 bits per heavy atom. The summed E-state index contributed by atoms with van der Waals surface area (Å²) in [5, 5.41) is 0. The molecule has 78 valence electrons. The van der Waals surface area contributed by atoms with Gasteiger partial charge in [0.25, 0.3) is 0 Å². The zero-order chi connectivity index (χ0) is 10.6. The highest BCUT2D eigenvalue weighted by Crippen LogP contribution is 2.16. The van der Waals surface area contributed by atoms with Gasteiger partial charge in [-0.05, 0) is 44.4 Å². The summed E-state index contributed by atoms with van der Waals surface area (Å²) in [4.78, 5) is 0. The van der Waals surface area contributed by atoms with Crippen LogP contribution in [0.2, 0.25) is 0 Å². The topological polar surface area (TPSA) is 9.23 Å². The maximum absolute atomic E-state index is 12.6. The summed E-state index contributed by atoms with van der Waals surface area (Å²) in [6.45, 7) is 4.17. The van der Waals surface area contributed by atoms with Gasteiger partial charge in [0.1, 0.15) is 16.3 Å². The first-order valence-corrected chi connectivity index (χ1v) is 5.65. The van der Waals surface area contributed by atoms with Gasteiger partial charge in [0.15, 0.2) is 0 Å². The van der Waals surface area contributed by atoms with Crippen molar-refractivity contribution in [3.63, 3.8) is 0 Å². The summed E-state index contributed by atoms with van der Waals surface area (Å²) in [6, 6.07) is 6.67. The Morgan fingerprint density at radius 1 is 1.29 bits per heavy atom. The molecule has 0 amide bonds. The third-order valence-corrected chi connectivity index (χ3v) is 3.59. The maximum atomic E-state index is 12.6. The highest BCUT2D eigenvalue weighted by Gasteiger charge is 2.14. The van der Waals surface area contributed by atoms with Crippen molar-refractivity contribution < 1.29 is 8.82 Å². The zero-order valence-electron chi connectivity index (χ0n) is 9.01. The van der Waals surface area contributed by atoms with Gasteiger partial charge in [-0.25, -0.2) is 4.39 Å². The molecule has 0 N–H and O–H groups in total. The molecule has 0 saturated carbocycles. The summed E-state index contributed by atoms with van der Waals surface area (Å²) in [5.74, 6) is -0.174. The molecule has 0 unspecified atom stereocenters. The second-order valence-corrected chi connectivity index (χ2v) is 4.50. The van der Waals surface area contributed by atoms with Crippen LogP contribution in [-0.2, 0) is 10.8 Å². The fraction of sp³-hybridized carbons (Fsp3) is 0.455. The molecule has 0 aromatic heterocycles. The third kappa shape index (κ3) is 3.60. The number of aryl methyl sites for hydroxylation is 1. The van der Waals surface area contributed by atoms with Crippen LogP contribution in [0.25, 0.3) is 0 Å². The largest absolute Gasteiger partial charge is 0.423 e. The predicted molar refractivity (Wildman–Crippen MR) is 59.8 cm³/mol. The van der Waals surface area contributed by atoms with Gasteiger partial charge in [-0.3, -0.25) is 0 Å². The van der Waals surface area contributed by atoms with Crippen LogP contribution in [0.3, 0.4) is 0 Å². The van der Waals surface area contributed by atoms with Crippen molar-refractivity contribution in [2.75, 3.05) is 0 Å². The maximum Gasteiger partial charge on any atom is 0.146 e. The molecule has 0 bridgehead atoms. The monoisotopic (exact) mass is 212 g/mol. The first kappa shape index (κ1) is 11.4. The second-order valence-electron chi connectivity index (χ2n) is 4.09. The lowest BCUT2D eigenvalue weighted by atomic mass is 9.99. The minimum absolute atomic E-state index is 0.0411. The number of hydrogen-bond donors (Lipinski definition) is 0. The molecule has 0 spiro atoms. The van der Waals surface area contributed by atoms with Crippen LogP contribution in [0.4, 0.5) is 4.39 Å². The molecular weight excluding hydrogens is 195 g/mol. The second kappa shape index (κ2) is 4.71. The highest BCUT2D eigenvalue weighted by molar-refractivity contribution is 5.98. The minimum atomic E-state index is -0.174. The molecule has 1 aromatic carbocycles. The van der Waals surface area contributed by atoms with E-state index in [4.69, 9.17) is 4.43 Å². The Balaban J connectivity index is 2.50. The lowest BCUT2D eigenvalue weighted by molar-refractivity contribution is 0.113. The van der Waals surface area contributed by atoms with E-state index in [1.54, 1.807) is 0 Å². The van der Waals surface area contributed by atoms with Gasteiger partial charge in [-0.2, -0.15) is 0 Å². The molecule has 0 saturated heterocycles. The Hall–Kier alpha value is -0.673. The molecule has 0 atom stereocenters. The Bertz CT molecular complexity index is 282. The lowest BCUT2D eigenvalue weighted by Crippen LogP contribution is -2.23.